The van der Waals surface area contributed by atoms with Crippen LogP contribution in [0.2, 0.25) is 0 Å². The maximum atomic E-state index is 10.5. The minimum Gasteiger partial charge on any atom is -0.542 e. The maximum Gasteiger partial charge on any atom is 0.430 e. The molecule has 0 bridgehead atoms. The molecule has 0 aromatic rings. The monoisotopic (exact) mass is 270 g/mol. The van der Waals surface area contributed by atoms with Crippen molar-refractivity contribution in [3.05, 3.63) is 0 Å². The van der Waals surface area contributed by atoms with Gasteiger partial charge in [0.15, 0.2) is 13.1 Å². The lowest BCUT2D eigenvalue weighted by Gasteiger charge is -2.10. The highest BCUT2D eigenvalue weighted by molar-refractivity contribution is 5.70. The lowest BCUT2D eigenvalue weighted by Crippen LogP contribution is -2.38. The van der Waals surface area contributed by atoms with E-state index in [1.165, 1.54) is 0 Å². The molecule has 1 heterocycles. The number of carboxylic acids is 1. The number of carbonyl (C=O) groups is 1. The highest BCUT2D eigenvalue weighted by Crippen LogP contribution is 2.11. The number of nitrogens with zero attached hydrogens (tertiary/aromatic N) is 1. The second kappa shape index (κ2) is 8.87. The van der Waals surface area contributed by atoms with Gasteiger partial charge in [0.25, 0.3) is 0 Å². The first-order valence-corrected chi connectivity index (χ1v) is 5.43. The summed E-state index contributed by atoms with van der Waals surface area (Å²) in [6, 6.07) is 0. The first-order valence-electron chi connectivity index (χ1n) is 5.43. The van der Waals surface area contributed by atoms with E-state index < -0.39 is 12.1 Å². The first-order chi connectivity index (χ1) is 8.38. The van der Waals surface area contributed by atoms with Gasteiger partial charge in [-0.05, 0) is 0 Å². The number of ether oxygens (including phenoxy) is 1. The third kappa shape index (κ3) is 8.94. The number of carbonyl (C=O) groups excluding carboxylic acids is 1. The number of halogens is 3. The number of aliphatic carboxylic acids is 1. The van der Waals surface area contributed by atoms with Crippen LogP contribution in [0.25, 0.3) is 0 Å². The molecule has 1 fully saturated rings. The predicted octanol–water partition coefficient (Wildman–Crippen LogP) is -0.992. The van der Waals surface area contributed by atoms with Crippen molar-refractivity contribution in [1.29, 1.82) is 0 Å². The molecule has 8 heteroatoms. The van der Waals surface area contributed by atoms with E-state index in [1.54, 1.807) is 7.11 Å². The molecule has 0 atom stereocenters. The summed E-state index contributed by atoms with van der Waals surface area (Å²) in [6.07, 6.45) is -1.92. The number of rotatable bonds is 3. The Bertz CT molecular complexity index is 272. The average Bonchev–Trinajstić information content (AvgIpc) is 2.30. The lowest BCUT2D eigenvalue weighted by molar-refractivity contribution is -0.528. The number of alkyl halides is 3. The second-order valence-electron chi connectivity index (χ2n) is 3.54. The SMILES string of the molecule is COCCC=[N+]1CCNCC1.O=C([O-])C(F)(F)F. The summed E-state index contributed by atoms with van der Waals surface area (Å²) >= 11 is 0. The molecule has 0 aromatic heterocycles. The molecule has 0 saturated carbocycles. The van der Waals surface area contributed by atoms with Crippen LogP contribution in [0.4, 0.5) is 13.2 Å². The van der Waals surface area contributed by atoms with Gasteiger partial charge >= 0.3 is 6.18 Å². The normalized spacial score (nSPS) is 15.7. The van der Waals surface area contributed by atoms with Crippen LogP contribution < -0.4 is 10.4 Å². The molecular weight excluding hydrogens is 253 g/mol. The van der Waals surface area contributed by atoms with Gasteiger partial charge < -0.3 is 20.0 Å². The van der Waals surface area contributed by atoms with Crippen molar-refractivity contribution in [3.8, 4) is 0 Å². The fraction of sp³-hybridized carbons (Fsp3) is 0.800. The zero-order valence-corrected chi connectivity index (χ0v) is 10.1. The standard InChI is InChI=1S/C8H17N2O.C2HF3O2/c1-11-8-2-5-10-6-3-9-4-7-10;3-2(4,5)1(6)7/h5,9H,2-4,6-8H2,1H3;(H,6,7)/q+1;/p-1. The molecule has 18 heavy (non-hydrogen) atoms. The van der Waals surface area contributed by atoms with Gasteiger partial charge in [-0.15, -0.1) is 0 Å². The molecule has 0 amide bonds. The summed E-state index contributed by atoms with van der Waals surface area (Å²) in [5.74, 6) is -3.01. The van der Waals surface area contributed by atoms with Gasteiger partial charge in [0.05, 0.1) is 19.7 Å². The van der Waals surface area contributed by atoms with Gasteiger partial charge in [-0.2, -0.15) is 13.2 Å². The van der Waals surface area contributed by atoms with Gasteiger partial charge in [0, 0.05) is 13.5 Å². The Balaban J connectivity index is 0.000000360. The summed E-state index contributed by atoms with van der Waals surface area (Å²) in [5.41, 5.74) is 0. The molecule has 1 aliphatic rings. The minimum absolute atomic E-state index is 0.837. The molecule has 1 aliphatic heterocycles. The highest BCUT2D eigenvalue weighted by atomic mass is 19.4. The minimum atomic E-state index is -5.19. The topological polar surface area (TPSA) is 64.4 Å². The van der Waals surface area contributed by atoms with Gasteiger partial charge in [-0.1, -0.05) is 0 Å². The van der Waals surface area contributed by atoms with Crippen LogP contribution in [0, 0.1) is 0 Å². The molecule has 1 N–H and O–H groups in total. The number of methoxy groups -OCH3 is 1. The van der Waals surface area contributed by atoms with Crippen LogP contribution in [0.5, 0.6) is 0 Å². The van der Waals surface area contributed by atoms with Gasteiger partial charge in [-0.25, -0.2) is 4.58 Å². The van der Waals surface area contributed by atoms with Crippen LogP contribution >= 0.6 is 0 Å². The van der Waals surface area contributed by atoms with E-state index in [2.05, 4.69) is 16.1 Å². The van der Waals surface area contributed by atoms with E-state index in [0.29, 0.717) is 0 Å². The van der Waals surface area contributed by atoms with Gasteiger partial charge in [-0.3, -0.25) is 0 Å². The van der Waals surface area contributed by atoms with Crippen molar-refractivity contribution >= 4 is 12.2 Å². The number of carboxylic acid groups (broad SMARTS) is 1. The van der Waals surface area contributed by atoms with E-state index in [4.69, 9.17) is 14.6 Å². The van der Waals surface area contributed by atoms with Crippen LogP contribution in [0.3, 0.4) is 0 Å². The molecule has 5 nitrogen and oxygen atoms in total. The predicted molar refractivity (Wildman–Crippen MR) is 56.5 cm³/mol. The summed E-state index contributed by atoms with van der Waals surface area (Å²) < 4.78 is 38.9. The molecule has 0 radical (unpaired) electrons. The third-order valence-electron chi connectivity index (χ3n) is 2.09. The fourth-order valence-electron chi connectivity index (χ4n) is 1.22. The Morgan fingerprint density at radius 2 is 1.94 bits per heavy atom. The van der Waals surface area contributed by atoms with Crippen molar-refractivity contribution in [2.24, 2.45) is 0 Å². The van der Waals surface area contributed by atoms with E-state index >= 15 is 0 Å². The van der Waals surface area contributed by atoms with Crippen molar-refractivity contribution in [3.63, 3.8) is 0 Å². The van der Waals surface area contributed by atoms with Crippen LogP contribution in [-0.4, -0.2) is 62.8 Å². The first kappa shape index (κ1) is 16.9. The molecule has 1 saturated heterocycles. The third-order valence-corrected chi connectivity index (χ3v) is 2.09. The Morgan fingerprint density at radius 3 is 2.33 bits per heavy atom. The Morgan fingerprint density at radius 1 is 1.44 bits per heavy atom. The van der Waals surface area contributed by atoms with E-state index in [-0.39, 0.29) is 0 Å². The maximum absolute atomic E-state index is 10.5. The van der Waals surface area contributed by atoms with Crippen molar-refractivity contribution in [2.45, 2.75) is 12.6 Å². The zero-order chi connectivity index (χ0) is 14.0. The summed E-state index contributed by atoms with van der Waals surface area (Å²) in [4.78, 5) is 8.78. The second-order valence-corrected chi connectivity index (χ2v) is 3.54. The molecule has 1 rings (SSSR count). The fourth-order valence-corrected chi connectivity index (χ4v) is 1.22. The zero-order valence-electron chi connectivity index (χ0n) is 10.1. The largest absolute Gasteiger partial charge is 0.542 e. The van der Waals surface area contributed by atoms with Crippen LogP contribution in [-0.2, 0) is 9.53 Å². The number of nitrogens with one attached hydrogen (secondary N) is 1. The molecule has 106 valence electrons. The molecule has 0 unspecified atom stereocenters. The Hall–Kier alpha value is -1.15. The van der Waals surface area contributed by atoms with Crippen LogP contribution in [0.1, 0.15) is 6.42 Å². The lowest BCUT2D eigenvalue weighted by atomic mass is 10.4. The average molecular weight is 270 g/mol. The number of piperazine rings is 1. The highest BCUT2D eigenvalue weighted by Gasteiger charge is 2.28. The molecule has 0 spiro atoms. The summed E-state index contributed by atoms with van der Waals surface area (Å²) in [7, 11) is 1.74. The summed E-state index contributed by atoms with van der Waals surface area (Å²) in [5, 5.41) is 12.1. The summed E-state index contributed by atoms with van der Waals surface area (Å²) in [6.45, 7) is 5.35. The van der Waals surface area contributed by atoms with Crippen molar-refractivity contribution in [2.75, 3.05) is 39.9 Å². The number of hydrogen-bond acceptors (Lipinski definition) is 4. The molecular formula is C10H17F3N2O3. The van der Waals surface area contributed by atoms with Gasteiger partial charge in [0.2, 0.25) is 0 Å². The van der Waals surface area contributed by atoms with Crippen LogP contribution in [0.15, 0.2) is 0 Å². The van der Waals surface area contributed by atoms with Gasteiger partial charge in [0.1, 0.15) is 12.2 Å². The molecule has 0 aliphatic carbocycles. The van der Waals surface area contributed by atoms with E-state index in [9.17, 15) is 13.2 Å². The van der Waals surface area contributed by atoms with E-state index in [1.807, 2.05) is 0 Å². The van der Waals surface area contributed by atoms with E-state index in [0.717, 1.165) is 39.2 Å². The van der Waals surface area contributed by atoms with Crippen molar-refractivity contribution in [1.82, 2.24) is 5.32 Å². The Kier molecular flexibility index (Phi) is 8.30. The van der Waals surface area contributed by atoms with Crippen molar-refractivity contribution < 1.29 is 32.4 Å². The molecule has 0 aromatic carbocycles. The quantitative estimate of drug-likeness (QED) is 0.528. The Labute approximate surface area is 103 Å². The smallest absolute Gasteiger partial charge is 0.430 e. The number of hydrogen-bond donors (Lipinski definition) is 1.